The third kappa shape index (κ3) is 2.49. The molecule has 0 unspecified atom stereocenters. The zero-order valence-electron chi connectivity index (χ0n) is 8.82. The fourth-order valence-electron chi connectivity index (χ4n) is 1.92. The predicted octanol–water partition coefficient (Wildman–Crippen LogP) is 2.46. The number of hydrogen-bond donors (Lipinski definition) is 0. The molecule has 1 aromatic rings. The van der Waals surface area contributed by atoms with Gasteiger partial charge in [0, 0.05) is 38.7 Å². The highest BCUT2D eigenvalue weighted by Crippen LogP contribution is 2.27. The second-order valence-electron chi connectivity index (χ2n) is 3.78. The standard InChI is InChI=1S/C11H15BrN2O/c1-14(9-3-6-15-7-4-9)11-2-5-13-8-10(11)12/h2,5,8-9H,3-4,6-7H2,1H3. The van der Waals surface area contributed by atoms with E-state index in [0.29, 0.717) is 6.04 Å². The molecule has 0 saturated carbocycles. The molecule has 0 amide bonds. The molecule has 1 aliphatic heterocycles. The van der Waals surface area contributed by atoms with E-state index in [1.54, 1.807) is 0 Å². The number of halogens is 1. The Bertz CT molecular complexity index is 326. The highest BCUT2D eigenvalue weighted by Gasteiger charge is 2.19. The van der Waals surface area contributed by atoms with Crippen LogP contribution in [0.5, 0.6) is 0 Å². The Kier molecular flexibility index (Phi) is 3.59. The van der Waals surface area contributed by atoms with Crippen LogP contribution in [0.3, 0.4) is 0 Å². The molecule has 1 aromatic heterocycles. The van der Waals surface area contributed by atoms with E-state index in [1.807, 2.05) is 18.5 Å². The number of aromatic nitrogens is 1. The van der Waals surface area contributed by atoms with E-state index in [0.717, 1.165) is 30.5 Å². The summed E-state index contributed by atoms with van der Waals surface area (Å²) in [6.07, 6.45) is 5.87. The summed E-state index contributed by atoms with van der Waals surface area (Å²) in [5, 5.41) is 0. The Balaban J connectivity index is 2.12. The SMILES string of the molecule is CN(c1ccncc1Br)C1CCOCC1. The molecule has 15 heavy (non-hydrogen) atoms. The van der Waals surface area contributed by atoms with Crippen LogP contribution in [0.25, 0.3) is 0 Å². The van der Waals surface area contributed by atoms with Gasteiger partial charge in [0.25, 0.3) is 0 Å². The largest absolute Gasteiger partial charge is 0.381 e. The van der Waals surface area contributed by atoms with Crippen molar-refractivity contribution in [3.63, 3.8) is 0 Å². The second kappa shape index (κ2) is 4.94. The van der Waals surface area contributed by atoms with Gasteiger partial charge in [-0.25, -0.2) is 0 Å². The maximum absolute atomic E-state index is 5.37. The maximum atomic E-state index is 5.37. The van der Waals surface area contributed by atoms with Crippen molar-refractivity contribution in [2.75, 3.05) is 25.2 Å². The summed E-state index contributed by atoms with van der Waals surface area (Å²) in [4.78, 5) is 6.39. The molecule has 0 N–H and O–H groups in total. The lowest BCUT2D eigenvalue weighted by molar-refractivity contribution is 0.0854. The molecule has 2 rings (SSSR count). The summed E-state index contributed by atoms with van der Waals surface area (Å²) in [7, 11) is 2.13. The van der Waals surface area contributed by atoms with Gasteiger partial charge in [-0.3, -0.25) is 4.98 Å². The van der Waals surface area contributed by atoms with Crippen molar-refractivity contribution in [2.24, 2.45) is 0 Å². The highest BCUT2D eigenvalue weighted by atomic mass is 79.9. The summed E-state index contributed by atoms with van der Waals surface area (Å²) < 4.78 is 6.42. The lowest BCUT2D eigenvalue weighted by atomic mass is 10.1. The first-order valence-corrected chi connectivity index (χ1v) is 5.98. The van der Waals surface area contributed by atoms with Crippen molar-refractivity contribution in [2.45, 2.75) is 18.9 Å². The molecule has 1 fully saturated rings. The van der Waals surface area contributed by atoms with E-state index in [1.165, 1.54) is 5.69 Å². The maximum Gasteiger partial charge on any atom is 0.0592 e. The zero-order valence-corrected chi connectivity index (χ0v) is 10.4. The van der Waals surface area contributed by atoms with Crippen molar-refractivity contribution < 1.29 is 4.74 Å². The van der Waals surface area contributed by atoms with Crippen LogP contribution >= 0.6 is 15.9 Å². The molecule has 0 spiro atoms. The van der Waals surface area contributed by atoms with E-state index in [4.69, 9.17) is 4.74 Å². The van der Waals surface area contributed by atoms with E-state index < -0.39 is 0 Å². The van der Waals surface area contributed by atoms with Crippen LogP contribution in [-0.4, -0.2) is 31.3 Å². The summed E-state index contributed by atoms with van der Waals surface area (Å²) in [6.45, 7) is 1.75. The molecule has 0 atom stereocenters. The fraction of sp³-hybridized carbons (Fsp3) is 0.545. The van der Waals surface area contributed by atoms with Crippen LogP contribution in [0.4, 0.5) is 5.69 Å². The first kappa shape index (κ1) is 10.9. The number of rotatable bonds is 2. The number of pyridine rings is 1. The smallest absolute Gasteiger partial charge is 0.0592 e. The van der Waals surface area contributed by atoms with Crippen LogP contribution in [0, 0.1) is 0 Å². The van der Waals surface area contributed by atoms with Crippen LogP contribution in [0.2, 0.25) is 0 Å². The van der Waals surface area contributed by atoms with E-state index in [-0.39, 0.29) is 0 Å². The molecule has 1 saturated heterocycles. The Hall–Kier alpha value is -0.610. The summed E-state index contributed by atoms with van der Waals surface area (Å²) in [5.41, 5.74) is 1.21. The molecule has 0 radical (unpaired) electrons. The van der Waals surface area contributed by atoms with Gasteiger partial charge in [-0.1, -0.05) is 0 Å². The fourth-order valence-corrected chi connectivity index (χ4v) is 2.45. The number of hydrogen-bond acceptors (Lipinski definition) is 3. The third-order valence-electron chi connectivity index (χ3n) is 2.87. The Morgan fingerprint density at radius 3 is 2.87 bits per heavy atom. The van der Waals surface area contributed by atoms with E-state index in [2.05, 4.69) is 32.9 Å². The van der Waals surface area contributed by atoms with Gasteiger partial charge in [0.15, 0.2) is 0 Å². The molecule has 4 heteroatoms. The quantitative estimate of drug-likeness (QED) is 0.826. The first-order chi connectivity index (χ1) is 7.29. The minimum absolute atomic E-state index is 0.581. The van der Waals surface area contributed by atoms with Crippen LogP contribution in [0.15, 0.2) is 22.9 Å². The highest BCUT2D eigenvalue weighted by molar-refractivity contribution is 9.10. The van der Waals surface area contributed by atoms with Crippen LogP contribution in [-0.2, 0) is 4.74 Å². The molecular weight excluding hydrogens is 256 g/mol. The van der Waals surface area contributed by atoms with Gasteiger partial charge in [-0.2, -0.15) is 0 Å². The summed E-state index contributed by atoms with van der Waals surface area (Å²) in [6, 6.07) is 2.62. The minimum Gasteiger partial charge on any atom is -0.381 e. The van der Waals surface area contributed by atoms with Gasteiger partial charge in [0.05, 0.1) is 10.2 Å². The van der Waals surface area contributed by atoms with Crippen molar-refractivity contribution in [3.8, 4) is 0 Å². The zero-order chi connectivity index (χ0) is 10.7. The molecule has 0 bridgehead atoms. The Morgan fingerprint density at radius 1 is 1.47 bits per heavy atom. The van der Waals surface area contributed by atoms with Gasteiger partial charge < -0.3 is 9.64 Å². The van der Waals surface area contributed by atoms with E-state index in [9.17, 15) is 0 Å². The second-order valence-corrected chi connectivity index (χ2v) is 4.64. The average molecular weight is 271 g/mol. The molecule has 1 aliphatic rings. The van der Waals surface area contributed by atoms with Crippen LogP contribution < -0.4 is 4.90 Å². The minimum atomic E-state index is 0.581. The summed E-state index contributed by atoms with van der Waals surface area (Å²) in [5.74, 6) is 0. The molecule has 82 valence electrons. The lowest BCUT2D eigenvalue weighted by Crippen LogP contribution is -2.36. The third-order valence-corrected chi connectivity index (χ3v) is 3.48. The number of ether oxygens (including phenoxy) is 1. The Labute approximate surface area is 98.6 Å². The summed E-state index contributed by atoms with van der Waals surface area (Å²) >= 11 is 3.53. The normalized spacial score (nSPS) is 17.7. The van der Waals surface area contributed by atoms with Gasteiger partial charge in [0.2, 0.25) is 0 Å². The van der Waals surface area contributed by atoms with Gasteiger partial charge in [-0.05, 0) is 34.8 Å². The molecule has 0 aliphatic carbocycles. The predicted molar refractivity (Wildman–Crippen MR) is 64.2 cm³/mol. The van der Waals surface area contributed by atoms with E-state index >= 15 is 0 Å². The molecule has 0 aromatic carbocycles. The number of anilines is 1. The van der Waals surface area contributed by atoms with Crippen molar-refractivity contribution >= 4 is 21.6 Å². The molecular formula is C11H15BrN2O. The topological polar surface area (TPSA) is 25.4 Å². The first-order valence-electron chi connectivity index (χ1n) is 5.19. The van der Waals surface area contributed by atoms with Gasteiger partial charge >= 0.3 is 0 Å². The number of nitrogens with zero attached hydrogens (tertiary/aromatic N) is 2. The van der Waals surface area contributed by atoms with Crippen molar-refractivity contribution in [3.05, 3.63) is 22.9 Å². The van der Waals surface area contributed by atoms with Gasteiger partial charge in [0.1, 0.15) is 0 Å². The average Bonchev–Trinajstić information content (AvgIpc) is 2.30. The van der Waals surface area contributed by atoms with Crippen molar-refractivity contribution in [1.82, 2.24) is 4.98 Å². The monoisotopic (exact) mass is 270 g/mol. The molecule has 2 heterocycles. The van der Waals surface area contributed by atoms with Crippen molar-refractivity contribution in [1.29, 1.82) is 0 Å². The van der Waals surface area contributed by atoms with Crippen LogP contribution in [0.1, 0.15) is 12.8 Å². The van der Waals surface area contributed by atoms with Gasteiger partial charge in [-0.15, -0.1) is 0 Å². The molecule has 3 nitrogen and oxygen atoms in total. The lowest BCUT2D eigenvalue weighted by Gasteiger charge is -2.33. The Morgan fingerprint density at radius 2 is 2.20 bits per heavy atom.